The van der Waals surface area contributed by atoms with Gasteiger partial charge in [0.1, 0.15) is 11.4 Å². The Morgan fingerprint density at radius 3 is 2.88 bits per heavy atom. The first-order valence-corrected chi connectivity index (χ1v) is 9.15. The number of benzene rings is 2. The van der Waals surface area contributed by atoms with E-state index in [1.54, 1.807) is 0 Å². The van der Waals surface area contributed by atoms with Crippen molar-refractivity contribution in [1.82, 2.24) is 0 Å². The Kier molecular flexibility index (Phi) is 4.37. The van der Waals surface area contributed by atoms with Gasteiger partial charge in [0.2, 0.25) is 0 Å². The number of hydrogen-bond donors (Lipinski definition) is 0. The molecule has 0 aromatic heterocycles. The lowest BCUT2D eigenvalue weighted by molar-refractivity contribution is -0.139. The van der Waals surface area contributed by atoms with Crippen LogP contribution in [-0.2, 0) is 9.53 Å². The summed E-state index contributed by atoms with van der Waals surface area (Å²) >= 11 is 6.39. The van der Waals surface area contributed by atoms with Gasteiger partial charge in [-0.3, -0.25) is 0 Å². The quantitative estimate of drug-likeness (QED) is 0.728. The van der Waals surface area contributed by atoms with Crippen molar-refractivity contribution in [3.63, 3.8) is 0 Å². The molecule has 0 aliphatic carbocycles. The van der Waals surface area contributed by atoms with Crippen LogP contribution in [-0.4, -0.2) is 18.8 Å². The normalized spacial score (nSPS) is 20.7. The molecular formula is C21H20ClNO3. The smallest absolute Gasteiger partial charge is 0.336 e. The van der Waals surface area contributed by atoms with Crippen LogP contribution in [0.3, 0.4) is 0 Å². The van der Waals surface area contributed by atoms with Gasteiger partial charge in [0.15, 0.2) is 6.23 Å². The Morgan fingerprint density at radius 2 is 2.12 bits per heavy atom. The van der Waals surface area contributed by atoms with Gasteiger partial charge < -0.3 is 14.4 Å². The van der Waals surface area contributed by atoms with Crippen molar-refractivity contribution in [2.75, 3.05) is 11.5 Å². The Morgan fingerprint density at radius 1 is 1.31 bits per heavy atom. The average molecular weight is 370 g/mol. The minimum Gasteiger partial charge on any atom is -0.468 e. The summed E-state index contributed by atoms with van der Waals surface area (Å²) in [5, 5.41) is 0.610. The molecule has 0 radical (unpaired) electrons. The van der Waals surface area contributed by atoms with Crippen molar-refractivity contribution in [3.05, 3.63) is 70.4 Å². The van der Waals surface area contributed by atoms with E-state index in [1.165, 1.54) is 0 Å². The number of nitrogens with zero attached hydrogens (tertiary/aromatic N) is 1. The number of ether oxygens (including phenoxy) is 2. The Balaban J connectivity index is 1.79. The van der Waals surface area contributed by atoms with Gasteiger partial charge in [-0.2, -0.15) is 0 Å². The van der Waals surface area contributed by atoms with Crippen LogP contribution in [0.25, 0.3) is 0 Å². The van der Waals surface area contributed by atoms with E-state index in [0.717, 1.165) is 22.6 Å². The lowest BCUT2D eigenvalue weighted by Crippen LogP contribution is -2.38. The number of rotatable bonds is 3. The van der Waals surface area contributed by atoms with E-state index in [0.29, 0.717) is 23.6 Å². The van der Waals surface area contributed by atoms with Gasteiger partial charge in [0.25, 0.3) is 0 Å². The van der Waals surface area contributed by atoms with Crippen LogP contribution in [0.1, 0.15) is 30.4 Å². The topological polar surface area (TPSA) is 38.8 Å². The number of aryl methyl sites for hydroxylation is 1. The van der Waals surface area contributed by atoms with Crippen LogP contribution in [0.15, 0.2) is 54.2 Å². The fourth-order valence-corrected chi connectivity index (χ4v) is 3.94. The van der Waals surface area contributed by atoms with Crippen molar-refractivity contribution in [2.24, 2.45) is 0 Å². The number of halogens is 1. The second kappa shape index (κ2) is 6.69. The van der Waals surface area contributed by atoms with Gasteiger partial charge in [0, 0.05) is 18.5 Å². The van der Waals surface area contributed by atoms with Gasteiger partial charge in [0.05, 0.1) is 17.2 Å². The number of para-hydroxylation sites is 1. The second-order valence-electron chi connectivity index (χ2n) is 6.57. The fourth-order valence-electron chi connectivity index (χ4n) is 3.68. The highest BCUT2D eigenvalue weighted by Crippen LogP contribution is 2.48. The molecule has 2 aromatic carbocycles. The summed E-state index contributed by atoms with van der Waals surface area (Å²) in [5.41, 5.74) is 3.69. The molecule has 0 amide bonds. The number of carbonyl (C=O) groups is 1. The minimum absolute atomic E-state index is 0.0803. The number of carbonyl (C=O) groups excluding carboxylic acids is 1. The summed E-state index contributed by atoms with van der Waals surface area (Å²) in [6.45, 7) is 4.21. The molecule has 0 N–H and O–H groups in total. The lowest BCUT2D eigenvalue weighted by atomic mass is 9.85. The first kappa shape index (κ1) is 17.0. The number of hydrogen-bond acceptors (Lipinski definition) is 4. The maximum absolute atomic E-state index is 12.7. The van der Waals surface area contributed by atoms with E-state index in [-0.39, 0.29) is 18.1 Å². The summed E-state index contributed by atoms with van der Waals surface area (Å²) < 4.78 is 11.4. The summed E-state index contributed by atoms with van der Waals surface area (Å²) in [7, 11) is 0. The highest BCUT2D eigenvalue weighted by Gasteiger charge is 2.41. The third-order valence-corrected chi connectivity index (χ3v) is 5.13. The number of fused-ring (bicyclic) bond motifs is 3. The maximum atomic E-state index is 12.7. The van der Waals surface area contributed by atoms with Gasteiger partial charge in [-0.15, -0.1) is 0 Å². The zero-order chi connectivity index (χ0) is 18.3. The van der Waals surface area contributed by atoms with E-state index >= 15 is 0 Å². The summed E-state index contributed by atoms with van der Waals surface area (Å²) in [6, 6.07) is 13.8. The van der Waals surface area contributed by atoms with Crippen molar-refractivity contribution in [3.8, 4) is 5.75 Å². The third-order valence-electron chi connectivity index (χ3n) is 4.83. The van der Waals surface area contributed by atoms with Crippen molar-refractivity contribution in [2.45, 2.75) is 32.4 Å². The first-order valence-electron chi connectivity index (χ1n) is 8.77. The minimum atomic E-state index is -0.294. The van der Waals surface area contributed by atoms with Crippen molar-refractivity contribution in [1.29, 1.82) is 0 Å². The molecule has 1 unspecified atom stereocenters. The largest absolute Gasteiger partial charge is 0.468 e. The Labute approximate surface area is 158 Å². The predicted molar refractivity (Wildman–Crippen MR) is 102 cm³/mol. The van der Waals surface area contributed by atoms with E-state index < -0.39 is 0 Å². The molecule has 0 spiro atoms. The van der Waals surface area contributed by atoms with Crippen LogP contribution in [0, 0.1) is 6.92 Å². The summed E-state index contributed by atoms with van der Waals surface area (Å²) in [5.74, 6) is 0.369. The molecule has 0 saturated carbocycles. The number of esters is 1. The van der Waals surface area contributed by atoms with Gasteiger partial charge >= 0.3 is 5.97 Å². The zero-order valence-corrected chi connectivity index (χ0v) is 15.5. The first-order chi connectivity index (χ1) is 12.6. The number of anilines is 1. The highest BCUT2D eigenvalue weighted by molar-refractivity contribution is 6.33. The molecule has 26 heavy (non-hydrogen) atoms. The highest BCUT2D eigenvalue weighted by atomic mass is 35.5. The van der Waals surface area contributed by atoms with E-state index in [2.05, 4.69) is 12.1 Å². The van der Waals surface area contributed by atoms with Gasteiger partial charge in [-0.25, -0.2) is 4.79 Å². The Bertz CT molecular complexity index is 893. The molecular weight excluding hydrogens is 350 g/mol. The molecule has 0 saturated heterocycles. The molecule has 2 aliphatic rings. The molecule has 2 aliphatic heterocycles. The molecule has 134 valence electrons. The van der Waals surface area contributed by atoms with Crippen molar-refractivity contribution < 1.29 is 14.3 Å². The standard InChI is InChI=1S/C21H20ClNO3/c1-3-25-21(24)16-12-23-19(26-18-9-5-8-17(22)20(18)23)11-15(16)14-7-4-6-13(2)10-14/h4-10,12,15,19H,3,11H2,1-2H3/t15-,19?/m0/s1. The molecule has 0 bridgehead atoms. The van der Waals surface area contributed by atoms with Crippen LogP contribution >= 0.6 is 11.6 Å². The van der Waals surface area contributed by atoms with E-state index in [1.807, 2.05) is 55.3 Å². The molecule has 4 rings (SSSR count). The van der Waals surface area contributed by atoms with Crippen LogP contribution in [0.5, 0.6) is 5.75 Å². The molecule has 0 fully saturated rings. The fraction of sp³-hybridized carbons (Fsp3) is 0.286. The molecule has 2 heterocycles. The van der Waals surface area contributed by atoms with Crippen LogP contribution < -0.4 is 9.64 Å². The van der Waals surface area contributed by atoms with Gasteiger partial charge in [-0.1, -0.05) is 47.5 Å². The Hall–Kier alpha value is -2.46. The van der Waals surface area contributed by atoms with Gasteiger partial charge in [-0.05, 0) is 31.5 Å². The predicted octanol–water partition coefficient (Wildman–Crippen LogP) is 4.81. The molecule has 5 heteroatoms. The molecule has 2 aromatic rings. The average Bonchev–Trinajstić information content (AvgIpc) is 2.99. The van der Waals surface area contributed by atoms with E-state index in [4.69, 9.17) is 21.1 Å². The monoisotopic (exact) mass is 369 g/mol. The maximum Gasteiger partial charge on any atom is 0.336 e. The van der Waals surface area contributed by atoms with Crippen LogP contribution in [0.4, 0.5) is 5.69 Å². The van der Waals surface area contributed by atoms with E-state index in [9.17, 15) is 4.79 Å². The third kappa shape index (κ3) is 2.84. The second-order valence-corrected chi connectivity index (χ2v) is 6.98. The molecule has 2 atom stereocenters. The van der Waals surface area contributed by atoms with Crippen molar-refractivity contribution >= 4 is 23.3 Å². The summed E-state index contributed by atoms with van der Waals surface area (Å²) in [6.07, 6.45) is 2.31. The van der Waals surface area contributed by atoms with Crippen LogP contribution in [0.2, 0.25) is 5.02 Å². The lowest BCUT2D eigenvalue weighted by Gasteiger charge is -2.33. The zero-order valence-electron chi connectivity index (χ0n) is 14.7. The SMILES string of the molecule is CCOC(=O)C1=CN2c3c(Cl)cccc3OC2C[C@H]1c1cccc(C)c1. The summed E-state index contributed by atoms with van der Waals surface area (Å²) in [4.78, 5) is 14.6. The molecule has 4 nitrogen and oxygen atoms in total.